The van der Waals surface area contributed by atoms with Crippen LogP contribution < -0.4 is 14.5 Å². The molecule has 0 saturated carbocycles. The first-order valence-corrected chi connectivity index (χ1v) is 10.9. The van der Waals surface area contributed by atoms with Gasteiger partial charge in [-0.15, -0.1) is 0 Å². The number of hydrogen-bond acceptors (Lipinski definition) is 4. The number of carbonyl (C=O) groups is 1. The lowest BCUT2D eigenvalue weighted by Crippen LogP contribution is -3.05. The number of aryl methyl sites for hydroxylation is 2. The number of carbonyl (C=O) groups excluding carboxylic acids is 1. The molecule has 29 heavy (non-hydrogen) atoms. The summed E-state index contributed by atoms with van der Waals surface area (Å²) in [6.07, 6.45) is 0.916. The highest BCUT2D eigenvalue weighted by Gasteiger charge is 2.22. The monoisotopic (exact) mass is 412 g/mol. The highest BCUT2D eigenvalue weighted by atomic mass is 32.1. The van der Waals surface area contributed by atoms with Crippen LogP contribution in [-0.4, -0.2) is 44.7 Å². The molecule has 1 amide bonds. The van der Waals surface area contributed by atoms with Gasteiger partial charge < -0.3 is 9.64 Å². The molecule has 0 aliphatic carbocycles. The van der Waals surface area contributed by atoms with Crippen LogP contribution >= 0.6 is 11.3 Å². The minimum atomic E-state index is -0.0192. The van der Waals surface area contributed by atoms with Crippen molar-refractivity contribution < 1.29 is 14.4 Å². The van der Waals surface area contributed by atoms with E-state index in [4.69, 9.17) is 9.72 Å². The average Bonchev–Trinajstić information content (AvgIpc) is 3.08. The number of fused-ring (bicyclic) bond motifs is 1. The molecule has 0 saturated heterocycles. The van der Waals surface area contributed by atoms with E-state index in [9.17, 15) is 4.79 Å². The molecular weight excluding hydrogens is 382 g/mol. The van der Waals surface area contributed by atoms with Gasteiger partial charge in [-0.2, -0.15) is 0 Å². The van der Waals surface area contributed by atoms with Crippen molar-refractivity contribution in [1.82, 2.24) is 4.98 Å². The zero-order valence-electron chi connectivity index (χ0n) is 17.9. The second kappa shape index (κ2) is 9.37. The molecule has 2 aromatic carbocycles. The average molecular weight is 413 g/mol. The van der Waals surface area contributed by atoms with Gasteiger partial charge >= 0.3 is 0 Å². The Morgan fingerprint density at radius 2 is 1.83 bits per heavy atom. The van der Waals surface area contributed by atoms with Crippen LogP contribution in [0.3, 0.4) is 0 Å². The highest BCUT2D eigenvalue weighted by molar-refractivity contribution is 7.22. The molecule has 3 aromatic rings. The largest absolute Gasteiger partial charge is 0.494 e. The maximum atomic E-state index is 13.3. The Morgan fingerprint density at radius 1 is 1.14 bits per heavy atom. The van der Waals surface area contributed by atoms with Crippen LogP contribution in [0.4, 0.5) is 5.13 Å². The Morgan fingerprint density at radius 3 is 2.48 bits per heavy atom. The Balaban J connectivity index is 1.92. The minimum Gasteiger partial charge on any atom is -0.494 e. The summed E-state index contributed by atoms with van der Waals surface area (Å²) < 4.78 is 6.62. The lowest BCUT2D eigenvalue weighted by molar-refractivity contribution is -0.858. The van der Waals surface area contributed by atoms with Crippen molar-refractivity contribution in [3.63, 3.8) is 0 Å². The number of nitrogens with one attached hydrogen (secondary N) is 1. The van der Waals surface area contributed by atoms with E-state index >= 15 is 0 Å². The van der Waals surface area contributed by atoms with Gasteiger partial charge in [-0.05, 0) is 68.3 Å². The number of anilines is 1. The van der Waals surface area contributed by atoms with Gasteiger partial charge in [0.2, 0.25) is 0 Å². The summed E-state index contributed by atoms with van der Waals surface area (Å²) in [5.41, 5.74) is 4.07. The summed E-state index contributed by atoms with van der Waals surface area (Å²) in [6.45, 7) is 8.40. The number of nitrogens with zero attached hydrogens (tertiary/aromatic N) is 2. The zero-order valence-corrected chi connectivity index (χ0v) is 18.7. The molecule has 0 spiro atoms. The first-order chi connectivity index (χ1) is 13.9. The lowest BCUT2D eigenvalue weighted by atomic mass is 10.1. The summed E-state index contributed by atoms with van der Waals surface area (Å²) in [5, 5.41) is 0.762. The molecule has 0 radical (unpaired) electrons. The number of quaternary nitrogens is 1. The number of thiazole rings is 1. The topological polar surface area (TPSA) is 46.9 Å². The maximum absolute atomic E-state index is 13.3. The van der Waals surface area contributed by atoms with Crippen LogP contribution in [0.15, 0.2) is 36.4 Å². The predicted octanol–water partition coefficient (Wildman–Crippen LogP) is 3.49. The van der Waals surface area contributed by atoms with Crippen LogP contribution in [0.5, 0.6) is 5.75 Å². The van der Waals surface area contributed by atoms with Crippen LogP contribution in [0, 0.1) is 13.8 Å². The molecule has 3 rings (SSSR count). The van der Waals surface area contributed by atoms with Gasteiger partial charge in [0.15, 0.2) is 5.13 Å². The standard InChI is InChI=1S/C23H29N3O2S/c1-6-28-19-10-8-18(9-11-19)22(27)26(13-7-12-25(4)5)23-24-20-14-16(2)17(3)15-21(20)29-23/h8-11,14-15H,6-7,12-13H2,1-5H3/p+1. The second-order valence-corrected chi connectivity index (χ2v) is 8.63. The smallest absolute Gasteiger partial charge is 0.260 e. The summed E-state index contributed by atoms with van der Waals surface area (Å²) in [7, 11) is 4.25. The Kier molecular flexibility index (Phi) is 6.87. The summed E-state index contributed by atoms with van der Waals surface area (Å²) in [4.78, 5) is 21.3. The fraction of sp³-hybridized carbons (Fsp3) is 0.391. The number of benzene rings is 2. The van der Waals surface area contributed by atoms with E-state index in [-0.39, 0.29) is 5.91 Å². The Bertz CT molecular complexity index is 941. The third-order valence-electron chi connectivity index (χ3n) is 4.94. The molecule has 0 aliphatic heterocycles. The first-order valence-electron chi connectivity index (χ1n) is 10.1. The third kappa shape index (κ3) is 5.14. The maximum Gasteiger partial charge on any atom is 0.260 e. The van der Waals surface area contributed by atoms with E-state index in [1.807, 2.05) is 36.1 Å². The van der Waals surface area contributed by atoms with Crippen molar-refractivity contribution in [2.45, 2.75) is 27.2 Å². The molecule has 6 heteroatoms. The van der Waals surface area contributed by atoms with E-state index in [1.165, 1.54) is 16.0 Å². The van der Waals surface area contributed by atoms with Crippen molar-refractivity contribution in [2.75, 3.05) is 38.7 Å². The van der Waals surface area contributed by atoms with Crippen LogP contribution in [0.1, 0.15) is 34.8 Å². The fourth-order valence-electron chi connectivity index (χ4n) is 3.17. The van der Waals surface area contributed by atoms with Gasteiger partial charge in [0.1, 0.15) is 5.75 Å². The van der Waals surface area contributed by atoms with Gasteiger partial charge in [-0.25, -0.2) is 4.98 Å². The molecule has 1 N–H and O–H groups in total. The molecule has 0 aliphatic rings. The van der Waals surface area contributed by atoms with Crippen molar-refractivity contribution in [1.29, 1.82) is 0 Å². The van der Waals surface area contributed by atoms with Gasteiger partial charge in [0.25, 0.3) is 5.91 Å². The number of ether oxygens (including phenoxy) is 1. The van der Waals surface area contributed by atoms with Gasteiger partial charge in [-0.1, -0.05) is 11.3 Å². The predicted molar refractivity (Wildman–Crippen MR) is 121 cm³/mol. The van der Waals surface area contributed by atoms with Crippen molar-refractivity contribution >= 4 is 32.6 Å². The number of hydrogen-bond donors (Lipinski definition) is 1. The van der Waals surface area contributed by atoms with E-state index in [0.29, 0.717) is 18.7 Å². The molecule has 1 aromatic heterocycles. The number of aromatic nitrogens is 1. The van der Waals surface area contributed by atoms with Crippen LogP contribution in [-0.2, 0) is 0 Å². The lowest BCUT2D eigenvalue weighted by Gasteiger charge is -2.20. The summed E-state index contributed by atoms with van der Waals surface area (Å²) in [6, 6.07) is 11.6. The molecule has 1 heterocycles. The van der Waals surface area contributed by atoms with Crippen molar-refractivity contribution in [3.05, 3.63) is 53.1 Å². The van der Waals surface area contributed by atoms with E-state index in [2.05, 4.69) is 40.1 Å². The van der Waals surface area contributed by atoms with Gasteiger partial charge in [-0.3, -0.25) is 9.69 Å². The van der Waals surface area contributed by atoms with Crippen LogP contribution in [0.2, 0.25) is 0 Å². The molecule has 0 bridgehead atoms. The minimum absolute atomic E-state index is 0.0192. The number of rotatable bonds is 8. The molecule has 154 valence electrons. The third-order valence-corrected chi connectivity index (χ3v) is 5.98. The van der Waals surface area contributed by atoms with Crippen molar-refractivity contribution in [2.24, 2.45) is 0 Å². The van der Waals surface area contributed by atoms with E-state index < -0.39 is 0 Å². The molecule has 5 nitrogen and oxygen atoms in total. The SMILES string of the molecule is CCOc1ccc(C(=O)N(CCC[NH+](C)C)c2nc3cc(C)c(C)cc3s2)cc1. The summed E-state index contributed by atoms with van der Waals surface area (Å²) >= 11 is 1.58. The van der Waals surface area contributed by atoms with Crippen molar-refractivity contribution in [3.8, 4) is 5.75 Å². The summed E-state index contributed by atoms with van der Waals surface area (Å²) in [5.74, 6) is 0.757. The van der Waals surface area contributed by atoms with Gasteiger partial charge in [0, 0.05) is 18.5 Å². The number of amides is 1. The fourth-order valence-corrected chi connectivity index (χ4v) is 4.24. The van der Waals surface area contributed by atoms with E-state index in [0.717, 1.165) is 34.1 Å². The normalized spacial score (nSPS) is 11.2. The van der Waals surface area contributed by atoms with E-state index in [1.54, 1.807) is 11.3 Å². The molecule has 0 fully saturated rings. The zero-order chi connectivity index (χ0) is 21.0. The molecule has 0 unspecified atom stereocenters. The quantitative estimate of drug-likeness (QED) is 0.616. The first kappa shape index (κ1) is 21.3. The molecule has 0 atom stereocenters. The Hall–Kier alpha value is -2.44. The Labute approximate surface area is 176 Å². The van der Waals surface area contributed by atoms with Gasteiger partial charge in [0.05, 0.1) is 37.5 Å². The molecular formula is C23H30N3O2S+. The van der Waals surface area contributed by atoms with Crippen LogP contribution in [0.25, 0.3) is 10.2 Å². The highest BCUT2D eigenvalue weighted by Crippen LogP contribution is 2.31. The second-order valence-electron chi connectivity index (χ2n) is 7.63.